The summed E-state index contributed by atoms with van der Waals surface area (Å²) in [5.74, 6) is 0.937. The predicted molar refractivity (Wildman–Crippen MR) is 58.5 cm³/mol. The molecule has 84 valence electrons. The van der Waals surface area contributed by atoms with E-state index in [1.165, 1.54) is 12.0 Å². The van der Waals surface area contributed by atoms with Crippen molar-refractivity contribution >= 4 is 0 Å². The van der Waals surface area contributed by atoms with Crippen LogP contribution in [0.15, 0.2) is 4.52 Å². The van der Waals surface area contributed by atoms with Gasteiger partial charge >= 0.3 is 0 Å². The van der Waals surface area contributed by atoms with Crippen molar-refractivity contribution < 1.29 is 4.52 Å². The number of rotatable bonds is 2. The molecule has 0 aromatic carbocycles. The van der Waals surface area contributed by atoms with E-state index in [4.69, 9.17) is 10.3 Å². The van der Waals surface area contributed by atoms with Gasteiger partial charge in [-0.3, -0.25) is 4.90 Å². The van der Waals surface area contributed by atoms with Crippen molar-refractivity contribution in [1.82, 2.24) is 10.1 Å². The maximum absolute atomic E-state index is 5.95. The molecule has 0 aliphatic carbocycles. The van der Waals surface area contributed by atoms with Crippen molar-refractivity contribution in [1.29, 1.82) is 0 Å². The quantitative estimate of drug-likeness (QED) is 0.795. The van der Waals surface area contributed by atoms with Crippen molar-refractivity contribution in [2.45, 2.75) is 39.3 Å². The fourth-order valence-corrected chi connectivity index (χ4v) is 2.19. The first-order valence-electron chi connectivity index (χ1n) is 5.56. The van der Waals surface area contributed by atoms with E-state index < -0.39 is 0 Å². The summed E-state index contributed by atoms with van der Waals surface area (Å²) < 4.78 is 5.16. The average Bonchev–Trinajstić information content (AvgIpc) is 2.50. The van der Waals surface area contributed by atoms with Gasteiger partial charge in [-0.1, -0.05) is 5.16 Å². The number of aromatic nitrogens is 1. The largest absolute Gasteiger partial charge is 0.361 e. The van der Waals surface area contributed by atoms with Gasteiger partial charge in [0.05, 0.1) is 5.69 Å². The minimum atomic E-state index is 0.333. The molecule has 4 heteroatoms. The minimum Gasteiger partial charge on any atom is -0.361 e. The van der Waals surface area contributed by atoms with Gasteiger partial charge in [0.1, 0.15) is 5.76 Å². The first-order valence-corrected chi connectivity index (χ1v) is 5.56. The third-order valence-corrected chi connectivity index (χ3v) is 3.10. The molecule has 4 nitrogen and oxygen atoms in total. The second-order valence-electron chi connectivity index (χ2n) is 4.44. The minimum absolute atomic E-state index is 0.333. The van der Waals surface area contributed by atoms with E-state index >= 15 is 0 Å². The lowest BCUT2D eigenvalue weighted by atomic mass is 10.1. The Balaban J connectivity index is 2.02. The van der Waals surface area contributed by atoms with Gasteiger partial charge in [-0.15, -0.1) is 0 Å². The van der Waals surface area contributed by atoms with E-state index in [1.807, 2.05) is 13.8 Å². The fourth-order valence-electron chi connectivity index (χ4n) is 2.19. The second-order valence-corrected chi connectivity index (χ2v) is 4.44. The van der Waals surface area contributed by atoms with Crippen molar-refractivity contribution in [2.75, 3.05) is 13.1 Å². The molecule has 2 N–H and O–H groups in total. The first kappa shape index (κ1) is 10.6. The van der Waals surface area contributed by atoms with Gasteiger partial charge in [0.2, 0.25) is 0 Å². The highest BCUT2D eigenvalue weighted by molar-refractivity contribution is 5.20. The summed E-state index contributed by atoms with van der Waals surface area (Å²) in [6.07, 6.45) is 2.35. The third kappa shape index (κ3) is 2.38. The van der Waals surface area contributed by atoms with E-state index in [-0.39, 0.29) is 0 Å². The van der Waals surface area contributed by atoms with E-state index in [9.17, 15) is 0 Å². The average molecular weight is 209 g/mol. The van der Waals surface area contributed by atoms with Crippen molar-refractivity contribution in [3.63, 3.8) is 0 Å². The van der Waals surface area contributed by atoms with Crippen LogP contribution in [0.2, 0.25) is 0 Å². The van der Waals surface area contributed by atoms with Crippen LogP contribution in [-0.4, -0.2) is 29.2 Å². The number of nitrogens with two attached hydrogens (primary N) is 1. The van der Waals surface area contributed by atoms with Crippen LogP contribution < -0.4 is 5.73 Å². The van der Waals surface area contributed by atoms with Crippen LogP contribution in [0.1, 0.15) is 29.9 Å². The molecule has 0 spiro atoms. The second kappa shape index (κ2) is 4.33. The summed E-state index contributed by atoms with van der Waals surface area (Å²) in [7, 11) is 0. The lowest BCUT2D eigenvalue weighted by Gasteiger charge is -2.30. The summed E-state index contributed by atoms with van der Waals surface area (Å²) in [6, 6.07) is 0.333. The van der Waals surface area contributed by atoms with Crippen LogP contribution in [-0.2, 0) is 6.54 Å². The Morgan fingerprint density at radius 1 is 1.53 bits per heavy atom. The Morgan fingerprint density at radius 3 is 2.93 bits per heavy atom. The van der Waals surface area contributed by atoms with Gasteiger partial charge in [-0.2, -0.15) is 0 Å². The third-order valence-electron chi connectivity index (χ3n) is 3.10. The number of hydrogen-bond donors (Lipinski definition) is 1. The number of hydrogen-bond acceptors (Lipinski definition) is 4. The SMILES string of the molecule is Cc1noc(C)c1CN1CCC[C@H](N)C1. The molecule has 1 atom stereocenters. The summed E-state index contributed by atoms with van der Waals surface area (Å²) in [5.41, 5.74) is 8.18. The van der Waals surface area contributed by atoms with Gasteiger partial charge in [-0.25, -0.2) is 0 Å². The van der Waals surface area contributed by atoms with Crippen LogP contribution in [0, 0.1) is 13.8 Å². The zero-order valence-corrected chi connectivity index (χ0v) is 9.49. The molecular formula is C11H19N3O. The lowest BCUT2D eigenvalue weighted by Crippen LogP contribution is -2.42. The summed E-state index contributed by atoms with van der Waals surface area (Å²) in [6.45, 7) is 7.02. The highest BCUT2D eigenvalue weighted by Crippen LogP contribution is 2.17. The van der Waals surface area contributed by atoms with Gasteiger partial charge in [-0.05, 0) is 33.2 Å². The molecule has 0 unspecified atom stereocenters. The molecule has 1 fully saturated rings. The van der Waals surface area contributed by atoms with Crippen LogP contribution in [0.25, 0.3) is 0 Å². The molecule has 1 saturated heterocycles. The van der Waals surface area contributed by atoms with Gasteiger partial charge in [0, 0.05) is 24.7 Å². The maximum Gasteiger partial charge on any atom is 0.138 e. The fraction of sp³-hybridized carbons (Fsp3) is 0.727. The first-order chi connectivity index (χ1) is 7.16. The molecule has 1 aromatic heterocycles. The van der Waals surface area contributed by atoms with E-state index in [0.717, 1.165) is 37.5 Å². The van der Waals surface area contributed by atoms with Gasteiger partial charge < -0.3 is 10.3 Å². The van der Waals surface area contributed by atoms with Crippen LogP contribution in [0.4, 0.5) is 0 Å². The molecule has 0 saturated carbocycles. The van der Waals surface area contributed by atoms with Crippen LogP contribution in [0.3, 0.4) is 0 Å². The Bertz CT molecular complexity index is 315. The topological polar surface area (TPSA) is 55.3 Å². The lowest BCUT2D eigenvalue weighted by molar-refractivity contribution is 0.200. The van der Waals surface area contributed by atoms with E-state index in [2.05, 4.69) is 10.1 Å². The Kier molecular flexibility index (Phi) is 3.07. The highest BCUT2D eigenvalue weighted by atomic mass is 16.5. The summed E-state index contributed by atoms with van der Waals surface area (Å²) in [5, 5.41) is 3.97. The molecule has 0 amide bonds. The molecular weight excluding hydrogens is 190 g/mol. The van der Waals surface area contributed by atoms with Crippen LogP contribution >= 0.6 is 0 Å². The Labute approximate surface area is 90.4 Å². The van der Waals surface area contributed by atoms with Crippen molar-refractivity contribution in [3.8, 4) is 0 Å². The summed E-state index contributed by atoms with van der Waals surface area (Å²) in [4.78, 5) is 2.39. The van der Waals surface area contributed by atoms with Crippen molar-refractivity contribution in [2.24, 2.45) is 5.73 Å². The Hall–Kier alpha value is -0.870. The number of piperidine rings is 1. The predicted octanol–water partition coefficient (Wildman–Crippen LogP) is 1.21. The molecule has 0 bridgehead atoms. The highest BCUT2D eigenvalue weighted by Gasteiger charge is 2.19. The molecule has 2 heterocycles. The summed E-state index contributed by atoms with van der Waals surface area (Å²) >= 11 is 0. The van der Waals surface area contributed by atoms with Crippen molar-refractivity contribution in [3.05, 3.63) is 17.0 Å². The van der Waals surface area contributed by atoms with Crippen LogP contribution in [0.5, 0.6) is 0 Å². The molecule has 2 rings (SSSR count). The van der Waals surface area contributed by atoms with Gasteiger partial charge in [0.15, 0.2) is 0 Å². The smallest absolute Gasteiger partial charge is 0.138 e. The number of aryl methyl sites for hydroxylation is 2. The molecule has 1 aliphatic rings. The number of likely N-dealkylation sites (tertiary alicyclic amines) is 1. The Morgan fingerprint density at radius 2 is 2.33 bits per heavy atom. The number of nitrogens with zero attached hydrogens (tertiary/aromatic N) is 2. The normalized spacial score (nSPS) is 23.3. The zero-order chi connectivity index (χ0) is 10.8. The van der Waals surface area contributed by atoms with E-state index in [1.54, 1.807) is 0 Å². The molecule has 15 heavy (non-hydrogen) atoms. The van der Waals surface area contributed by atoms with Gasteiger partial charge in [0.25, 0.3) is 0 Å². The maximum atomic E-state index is 5.95. The standard InChI is InChI=1S/C11H19N3O/c1-8-11(9(2)15-13-8)7-14-5-3-4-10(12)6-14/h10H,3-7,12H2,1-2H3/t10-/m0/s1. The monoisotopic (exact) mass is 209 g/mol. The van der Waals surface area contributed by atoms with E-state index in [0.29, 0.717) is 6.04 Å². The molecule has 0 radical (unpaired) electrons. The zero-order valence-electron chi connectivity index (χ0n) is 9.49. The molecule has 1 aromatic rings. The molecule has 1 aliphatic heterocycles.